The smallest absolute Gasteiger partial charge is 0.244 e. The van der Waals surface area contributed by atoms with Crippen LogP contribution in [0.25, 0.3) is 0 Å². The number of methoxy groups -OCH3 is 1. The van der Waals surface area contributed by atoms with Gasteiger partial charge in [0.05, 0.1) is 12.8 Å². The zero-order chi connectivity index (χ0) is 20.1. The number of hydrogen-bond acceptors (Lipinski definition) is 6. The fraction of sp³-hybridized carbons (Fsp3) is 0.450. The second-order valence-electron chi connectivity index (χ2n) is 6.59. The molecule has 0 spiro atoms. The van der Waals surface area contributed by atoms with Crippen LogP contribution in [0.1, 0.15) is 13.8 Å². The largest absolute Gasteiger partial charge is 0.495 e. The van der Waals surface area contributed by atoms with Crippen LogP contribution in [0.3, 0.4) is 0 Å². The normalized spacial score (nSPS) is 15.1. The molecule has 1 aliphatic rings. The maximum Gasteiger partial charge on any atom is 0.244 e. The van der Waals surface area contributed by atoms with Crippen molar-refractivity contribution in [1.82, 2.24) is 9.29 Å². The van der Waals surface area contributed by atoms with Crippen LogP contribution in [0.4, 0.5) is 11.5 Å². The number of pyridine rings is 1. The molecule has 1 aromatic carbocycles. The Hall–Kier alpha value is -2.32. The van der Waals surface area contributed by atoms with Gasteiger partial charge in [0.1, 0.15) is 16.5 Å². The minimum Gasteiger partial charge on any atom is -0.495 e. The van der Waals surface area contributed by atoms with Crippen molar-refractivity contribution in [1.29, 1.82) is 0 Å². The Morgan fingerprint density at radius 3 is 2.21 bits per heavy atom. The first-order valence-corrected chi connectivity index (χ1v) is 11.0. The predicted molar refractivity (Wildman–Crippen MR) is 112 cm³/mol. The minimum absolute atomic E-state index is 0.243. The van der Waals surface area contributed by atoms with Gasteiger partial charge in [0.25, 0.3) is 0 Å². The van der Waals surface area contributed by atoms with Crippen molar-refractivity contribution in [3.63, 3.8) is 0 Å². The van der Waals surface area contributed by atoms with Crippen LogP contribution in [0, 0.1) is 0 Å². The molecule has 3 rings (SSSR count). The summed E-state index contributed by atoms with van der Waals surface area (Å²) in [6, 6.07) is 11.5. The molecule has 7 nitrogen and oxygen atoms in total. The molecule has 1 fully saturated rings. The Morgan fingerprint density at radius 1 is 1.00 bits per heavy atom. The van der Waals surface area contributed by atoms with Gasteiger partial charge in [0, 0.05) is 45.5 Å². The van der Waals surface area contributed by atoms with Gasteiger partial charge in [-0.2, -0.15) is 4.31 Å². The van der Waals surface area contributed by atoms with E-state index in [2.05, 4.69) is 20.9 Å². The van der Waals surface area contributed by atoms with E-state index in [1.807, 2.05) is 32.0 Å². The lowest BCUT2D eigenvalue weighted by Gasteiger charge is -2.37. The zero-order valence-corrected chi connectivity index (χ0v) is 17.5. The minimum atomic E-state index is -3.47. The highest BCUT2D eigenvalue weighted by atomic mass is 32.2. The highest BCUT2D eigenvalue weighted by molar-refractivity contribution is 7.89. The summed E-state index contributed by atoms with van der Waals surface area (Å²) in [7, 11) is -1.78. The predicted octanol–water partition coefficient (Wildman–Crippen LogP) is 2.45. The van der Waals surface area contributed by atoms with Gasteiger partial charge in [-0.3, -0.25) is 0 Å². The molecule has 0 bridgehead atoms. The number of anilines is 2. The molecule has 2 heterocycles. The molecule has 8 heteroatoms. The molecule has 28 heavy (non-hydrogen) atoms. The number of hydrogen-bond donors (Lipinski definition) is 0. The lowest BCUT2D eigenvalue weighted by molar-refractivity contribution is 0.413. The summed E-state index contributed by atoms with van der Waals surface area (Å²) in [5.74, 6) is 1.68. The maximum atomic E-state index is 12.6. The molecular weight excluding hydrogens is 376 g/mol. The summed E-state index contributed by atoms with van der Waals surface area (Å²) in [6.45, 7) is 7.90. The van der Waals surface area contributed by atoms with Gasteiger partial charge in [0.2, 0.25) is 10.0 Å². The average Bonchev–Trinajstić information content (AvgIpc) is 2.74. The lowest BCUT2D eigenvalue weighted by atomic mass is 10.2. The van der Waals surface area contributed by atoms with Crippen molar-refractivity contribution in [2.75, 3.05) is 56.2 Å². The monoisotopic (exact) mass is 404 g/mol. The molecule has 0 radical (unpaired) electrons. The first kappa shape index (κ1) is 20.4. The van der Waals surface area contributed by atoms with Gasteiger partial charge in [0.15, 0.2) is 0 Å². The number of aromatic nitrogens is 1. The Labute approximate surface area is 167 Å². The Morgan fingerprint density at radius 2 is 1.64 bits per heavy atom. The van der Waals surface area contributed by atoms with Crippen LogP contribution in [0.15, 0.2) is 47.5 Å². The number of para-hydroxylation sites is 2. The van der Waals surface area contributed by atoms with E-state index in [9.17, 15) is 8.42 Å². The fourth-order valence-electron chi connectivity index (χ4n) is 3.49. The van der Waals surface area contributed by atoms with E-state index in [1.54, 1.807) is 19.2 Å². The summed E-state index contributed by atoms with van der Waals surface area (Å²) in [6.07, 6.45) is 1.47. The van der Waals surface area contributed by atoms with Gasteiger partial charge in [-0.05, 0) is 24.3 Å². The number of ether oxygens (including phenoxy) is 1. The van der Waals surface area contributed by atoms with E-state index in [-0.39, 0.29) is 4.90 Å². The van der Waals surface area contributed by atoms with E-state index < -0.39 is 10.0 Å². The Kier molecular flexibility index (Phi) is 6.41. The number of piperazine rings is 1. The van der Waals surface area contributed by atoms with E-state index in [0.717, 1.165) is 43.4 Å². The second kappa shape index (κ2) is 8.79. The SMILES string of the molecule is CCN(CC)S(=O)(=O)c1ccc(N2CCN(c3ccccc3OC)CC2)nc1. The van der Waals surface area contributed by atoms with Crippen LogP contribution >= 0.6 is 0 Å². The summed E-state index contributed by atoms with van der Waals surface area (Å²) in [5.41, 5.74) is 1.10. The molecule has 152 valence electrons. The van der Waals surface area contributed by atoms with Gasteiger partial charge in [-0.25, -0.2) is 13.4 Å². The number of nitrogens with zero attached hydrogens (tertiary/aromatic N) is 4. The molecule has 1 aromatic heterocycles. The lowest BCUT2D eigenvalue weighted by Crippen LogP contribution is -2.47. The van der Waals surface area contributed by atoms with Gasteiger partial charge in [-0.1, -0.05) is 26.0 Å². The van der Waals surface area contributed by atoms with Crippen LogP contribution < -0.4 is 14.5 Å². The van der Waals surface area contributed by atoms with Crippen LogP contribution in [-0.2, 0) is 10.0 Å². The van der Waals surface area contributed by atoms with Crippen LogP contribution in [0.5, 0.6) is 5.75 Å². The van der Waals surface area contributed by atoms with Crippen molar-refractivity contribution in [2.45, 2.75) is 18.7 Å². The van der Waals surface area contributed by atoms with Crippen molar-refractivity contribution in [3.8, 4) is 5.75 Å². The van der Waals surface area contributed by atoms with Crippen molar-refractivity contribution in [2.24, 2.45) is 0 Å². The zero-order valence-electron chi connectivity index (χ0n) is 16.7. The summed E-state index contributed by atoms with van der Waals surface area (Å²) >= 11 is 0. The highest BCUT2D eigenvalue weighted by Gasteiger charge is 2.24. The summed E-state index contributed by atoms with van der Waals surface area (Å²) < 4.78 is 32.1. The highest BCUT2D eigenvalue weighted by Crippen LogP contribution is 2.29. The molecule has 0 unspecified atom stereocenters. The van der Waals surface area contributed by atoms with Crippen LogP contribution in [-0.4, -0.2) is 64.1 Å². The fourth-order valence-corrected chi connectivity index (χ4v) is 4.90. The average molecular weight is 405 g/mol. The van der Waals surface area contributed by atoms with E-state index in [1.165, 1.54) is 10.5 Å². The molecular formula is C20H28N4O3S. The number of rotatable bonds is 7. The Bertz CT molecular complexity index is 875. The molecule has 1 saturated heterocycles. The van der Waals surface area contributed by atoms with E-state index >= 15 is 0 Å². The third kappa shape index (κ3) is 4.07. The standard InChI is InChI=1S/C20H28N4O3S/c1-4-24(5-2)28(25,26)17-10-11-20(21-16-17)23-14-12-22(13-15-23)18-8-6-7-9-19(18)27-3/h6-11,16H,4-5,12-15H2,1-3H3. The van der Waals surface area contributed by atoms with Crippen molar-refractivity contribution >= 4 is 21.5 Å². The first-order valence-electron chi connectivity index (χ1n) is 9.60. The summed E-state index contributed by atoms with van der Waals surface area (Å²) in [4.78, 5) is 9.15. The molecule has 0 amide bonds. The van der Waals surface area contributed by atoms with Crippen LogP contribution in [0.2, 0.25) is 0 Å². The molecule has 0 atom stereocenters. The second-order valence-corrected chi connectivity index (χ2v) is 8.53. The molecule has 0 saturated carbocycles. The van der Waals surface area contributed by atoms with Crippen molar-refractivity contribution in [3.05, 3.63) is 42.6 Å². The molecule has 2 aromatic rings. The number of sulfonamides is 1. The van der Waals surface area contributed by atoms with Gasteiger partial charge < -0.3 is 14.5 Å². The number of benzene rings is 1. The quantitative estimate of drug-likeness (QED) is 0.706. The Balaban J connectivity index is 1.68. The topological polar surface area (TPSA) is 66.0 Å². The third-order valence-corrected chi connectivity index (χ3v) is 7.13. The van der Waals surface area contributed by atoms with Gasteiger partial charge >= 0.3 is 0 Å². The maximum absolute atomic E-state index is 12.6. The third-order valence-electron chi connectivity index (χ3n) is 5.09. The molecule has 1 aliphatic heterocycles. The molecule has 0 N–H and O–H groups in total. The van der Waals surface area contributed by atoms with Crippen molar-refractivity contribution < 1.29 is 13.2 Å². The molecule has 0 aliphatic carbocycles. The van der Waals surface area contributed by atoms with Gasteiger partial charge in [-0.15, -0.1) is 0 Å². The first-order chi connectivity index (χ1) is 13.5. The summed E-state index contributed by atoms with van der Waals surface area (Å²) in [5, 5.41) is 0. The van der Waals surface area contributed by atoms with E-state index in [4.69, 9.17) is 4.74 Å². The van der Waals surface area contributed by atoms with E-state index in [0.29, 0.717) is 13.1 Å².